The molecule has 2 N–H and O–H groups in total. The van der Waals surface area contributed by atoms with Crippen LogP contribution in [0.25, 0.3) is 0 Å². The fourth-order valence-corrected chi connectivity index (χ4v) is 5.05. The Morgan fingerprint density at radius 3 is 2.05 bits per heavy atom. The van der Waals surface area contributed by atoms with Crippen molar-refractivity contribution in [1.82, 2.24) is 5.32 Å². The summed E-state index contributed by atoms with van der Waals surface area (Å²) in [5, 5.41) is 12.4. The summed E-state index contributed by atoms with van der Waals surface area (Å²) in [4.78, 5) is 12.7. The van der Waals surface area contributed by atoms with Crippen LogP contribution in [0.2, 0.25) is 0 Å². The summed E-state index contributed by atoms with van der Waals surface area (Å²) in [6.45, 7) is 4.15. The molecule has 0 saturated heterocycles. The first-order valence-corrected chi connectivity index (χ1v) is 7.94. The summed E-state index contributed by atoms with van der Waals surface area (Å²) in [7, 11) is 0. The van der Waals surface area contributed by atoms with Crippen LogP contribution in [-0.2, 0) is 4.79 Å². The summed E-state index contributed by atoms with van der Waals surface area (Å²) < 4.78 is 0. The van der Waals surface area contributed by atoms with Crippen LogP contribution in [0.4, 0.5) is 0 Å². The van der Waals surface area contributed by atoms with Crippen molar-refractivity contribution >= 4 is 5.91 Å². The van der Waals surface area contributed by atoms with E-state index in [2.05, 4.69) is 5.32 Å². The molecule has 3 nitrogen and oxygen atoms in total. The minimum atomic E-state index is -0.0574. The molecule has 4 rings (SSSR count). The number of aliphatic hydroxyl groups excluding tert-OH is 1. The van der Waals surface area contributed by atoms with Gasteiger partial charge in [0.1, 0.15) is 0 Å². The molecule has 2 unspecified atom stereocenters. The summed E-state index contributed by atoms with van der Waals surface area (Å²) >= 11 is 0. The van der Waals surface area contributed by atoms with Crippen LogP contribution in [0.1, 0.15) is 52.4 Å². The van der Waals surface area contributed by atoms with E-state index in [9.17, 15) is 9.90 Å². The third-order valence-corrected chi connectivity index (χ3v) is 6.02. The van der Waals surface area contributed by atoms with Crippen molar-refractivity contribution in [2.75, 3.05) is 6.61 Å². The maximum Gasteiger partial charge on any atom is 0.226 e. The number of aliphatic hydroxyl groups is 1. The largest absolute Gasteiger partial charge is 0.396 e. The van der Waals surface area contributed by atoms with Gasteiger partial charge in [-0.2, -0.15) is 0 Å². The Kier molecular flexibility index (Phi) is 3.36. The highest BCUT2D eigenvalue weighted by atomic mass is 16.3. The van der Waals surface area contributed by atoms with E-state index in [0.717, 1.165) is 37.0 Å². The van der Waals surface area contributed by atoms with Crippen molar-refractivity contribution in [3.63, 3.8) is 0 Å². The van der Waals surface area contributed by atoms with Crippen molar-refractivity contribution in [2.45, 2.75) is 58.4 Å². The van der Waals surface area contributed by atoms with Crippen molar-refractivity contribution < 1.29 is 9.90 Å². The zero-order valence-corrected chi connectivity index (χ0v) is 12.2. The molecular formula is C16H27NO2. The van der Waals surface area contributed by atoms with Crippen LogP contribution < -0.4 is 5.32 Å². The molecule has 108 valence electrons. The molecule has 19 heavy (non-hydrogen) atoms. The number of carbonyl (C=O) groups is 1. The molecule has 0 aromatic rings. The van der Waals surface area contributed by atoms with Gasteiger partial charge in [0.2, 0.25) is 5.91 Å². The molecule has 4 aliphatic rings. The first-order chi connectivity index (χ1) is 9.02. The van der Waals surface area contributed by atoms with E-state index in [1.54, 1.807) is 0 Å². The molecule has 0 heterocycles. The van der Waals surface area contributed by atoms with E-state index in [0.29, 0.717) is 0 Å². The number of nitrogens with one attached hydrogen (secondary N) is 1. The minimum absolute atomic E-state index is 0.0574. The molecule has 1 amide bonds. The Morgan fingerprint density at radius 2 is 1.63 bits per heavy atom. The normalized spacial score (nSPS) is 43.0. The predicted octanol–water partition coefficient (Wildman–Crippen LogP) is 2.34. The number of hydrogen-bond donors (Lipinski definition) is 2. The molecule has 0 aromatic carbocycles. The second-order valence-electron chi connectivity index (χ2n) is 7.62. The predicted molar refractivity (Wildman–Crippen MR) is 74.5 cm³/mol. The molecule has 0 radical (unpaired) electrons. The summed E-state index contributed by atoms with van der Waals surface area (Å²) in [6, 6.07) is 0.0745. The van der Waals surface area contributed by atoms with Crippen molar-refractivity contribution in [3.05, 3.63) is 0 Å². The van der Waals surface area contributed by atoms with E-state index >= 15 is 0 Å². The van der Waals surface area contributed by atoms with E-state index in [4.69, 9.17) is 0 Å². The lowest BCUT2D eigenvalue weighted by molar-refractivity contribution is -0.147. The van der Waals surface area contributed by atoms with Crippen LogP contribution in [0.15, 0.2) is 0 Å². The standard InChI is InChI=1S/C16H27NO2/c1-10(9-18)11(2)17-15(19)16-6-12-3-13(7-16)5-14(4-12)8-16/h10-14,18H,3-9H2,1-2H3,(H,17,19). The number of rotatable bonds is 4. The highest BCUT2D eigenvalue weighted by Crippen LogP contribution is 2.60. The average Bonchev–Trinajstić information content (AvgIpc) is 2.36. The first-order valence-electron chi connectivity index (χ1n) is 7.94. The van der Waals surface area contributed by atoms with Gasteiger partial charge in [0, 0.05) is 18.1 Å². The smallest absolute Gasteiger partial charge is 0.226 e. The molecule has 4 saturated carbocycles. The van der Waals surface area contributed by atoms with Gasteiger partial charge in [0.05, 0.1) is 0 Å². The Labute approximate surface area is 116 Å². The lowest BCUT2D eigenvalue weighted by atomic mass is 9.49. The number of hydrogen-bond acceptors (Lipinski definition) is 2. The van der Waals surface area contributed by atoms with Crippen LogP contribution in [0.5, 0.6) is 0 Å². The molecule has 2 atom stereocenters. The van der Waals surface area contributed by atoms with Gasteiger partial charge >= 0.3 is 0 Å². The zero-order chi connectivity index (χ0) is 13.6. The second kappa shape index (κ2) is 4.76. The molecule has 4 fully saturated rings. The summed E-state index contributed by atoms with van der Waals surface area (Å²) in [5.74, 6) is 2.84. The van der Waals surface area contributed by atoms with E-state index < -0.39 is 0 Å². The topological polar surface area (TPSA) is 49.3 Å². The Bertz CT molecular complexity index is 330. The lowest BCUT2D eigenvalue weighted by Crippen LogP contribution is -2.55. The van der Waals surface area contributed by atoms with Crippen LogP contribution in [0, 0.1) is 29.1 Å². The zero-order valence-electron chi connectivity index (χ0n) is 12.2. The van der Waals surface area contributed by atoms with Gasteiger partial charge in [-0.15, -0.1) is 0 Å². The first kappa shape index (κ1) is 13.4. The van der Waals surface area contributed by atoms with Gasteiger partial charge in [-0.1, -0.05) is 6.92 Å². The highest BCUT2D eigenvalue weighted by Gasteiger charge is 2.54. The van der Waals surface area contributed by atoms with Crippen LogP contribution in [0.3, 0.4) is 0 Å². The van der Waals surface area contributed by atoms with Gasteiger partial charge in [-0.25, -0.2) is 0 Å². The monoisotopic (exact) mass is 265 g/mol. The van der Waals surface area contributed by atoms with Crippen LogP contribution in [-0.4, -0.2) is 23.7 Å². The minimum Gasteiger partial charge on any atom is -0.396 e. The third-order valence-electron chi connectivity index (χ3n) is 6.02. The molecule has 0 aromatic heterocycles. The Balaban J connectivity index is 1.69. The molecule has 4 aliphatic carbocycles. The molecular weight excluding hydrogens is 238 g/mol. The fourth-order valence-electron chi connectivity index (χ4n) is 5.05. The number of carbonyl (C=O) groups excluding carboxylic acids is 1. The van der Waals surface area contributed by atoms with Gasteiger partial charge < -0.3 is 10.4 Å². The summed E-state index contributed by atoms with van der Waals surface area (Å²) in [6.07, 6.45) is 7.46. The second-order valence-corrected chi connectivity index (χ2v) is 7.62. The Morgan fingerprint density at radius 1 is 1.16 bits per heavy atom. The maximum absolute atomic E-state index is 12.7. The van der Waals surface area contributed by atoms with E-state index in [1.807, 2.05) is 13.8 Å². The highest BCUT2D eigenvalue weighted by molar-refractivity contribution is 5.83. The fraction of sp³-hybridized carbons (Fsp3) is 0.938. The Hall–Kier alpha value is -0.570. The maximum atomic E-state index is 12.7. The van der Waals surface area contributed by atoms with Gasteiger partial charge in [0.25, 0.3) is 0 Å². The SMILES string of the molecule is CC(CO)C(C)NC(=O)C12CC3CC(CC(C3)C1)C2. The summed E-state index contributed by atoms with van der Waals surface area (Å²) in [5.41, 5.74) is -0.0574. The van der Waals surface area contributed by atoms with Gasteiger partial charge in [-0.05, 0) is 69.1 Å². The molecule has 3 heteroatoms. The van der Waals surface area contributed by atoms with Crippen molar-refractivity contribution in [1.29, 1.82) is 0 Å². The van der Waals surface area contributed by atoms with Crippen molar-refractivity contribution in [3.8, 4) is 0 Å². The van der Waals surface area contributed by atoms with Crippen molar-refractivity contribution in [2.24, 2.45) is 29.1 Å². The van der Waals surface area contributed by atoms with E-state index in [-0.39, 0.29) is 29.9 Å². The molecule has 0 spiro atoms. The van der Waals surface area contributed by atoms with E-state index in [1.165, 1.54) is 19.3 Å². The quantitative estimate of drug-likeness (QED) is 0.819. The molecule has 4 bridgehead atoms. The molecule has 0 aliphatic heterocycles. The van der Waals surface area contributed by atoms with Gasteiger partial charge in [-0.3, -0.25) is 4.79 Å². The van der Waals surface area contributed by atoms with Crippen LogP contribution >= 0.6 is 0 Å². The third kappa shape index (κ3) is 2.31. The lowest BCUT2D eigenvalue weighted by Gasteiger charge is -2.55. The number of amides is 1. The van der Waals surface area contributed by atoms with Gasteiger partial charge in [0.15, 0.2) is 0 Å². The average molecular weight is 265 g/mol.